The van der Waals surface area contributed by atoms with Gasteiger partial charge in [0.1, 0.15) is 11.9 Å². The van der Waals surface area contributed by atoms with Crippen LogP contribution in [0.15, 0.2) is 24.3 Å². The molecule has 3 N–H and O–H groups in total. The number of ether oxygens (including phenoxy) is 2. The molecule has 2 unspecified atom stereocenters. The van der Waals surface area contributed by atoms with Crippen molar-refractivity contribution in [1.29, 1.82) is 0 Å². The Balaban J connectivity index is 2.14. The molecule has 0 spiro atoms. The molecule has 0 bridgehead atoms. The van der Waals surface area contributed by atoms with Crippen LogP contribution in [0.3, 0.4) is 0 Å². The van der Waals surface area contributed by atoms with E-state index in [0.29, 0.717) is 19.8 Å². The number of hydrogen-bond acceptors (Lipinski definition) is 4. The van der Waals surface area contributed by atoms with Gasteiger partial charge in [0.15, 0.2) is 0 Å². The normalized spacial score (nSPS) is 23.0. The smallest absolute Gasteiger partial charge is 0.123 e. The summed E-state index contributed by atoms with van der Waals surface area (Å²) in [4.78, 5) is 0. The second-order valence-corrected chi connectivity index (χ2v) is 3.68. The zero-order valence-corrected chi connectivity index (χ0v) is 8.86. The molecule has 1 heterocycles. The SMILES string of the molecule is NNC(c1cccc(F)c1)C1COCCO1. The molecule has 1 aliphatic rings. The largest absolute Gasteiger partial charge is 0.376 e. The number of benzene rings is 1. The lowest BCUT2D eigenvalue weighted by Gasteiger charge is -2.30. The minimum atomic E-state index is -0.283. The Morgan fingerprint density at radius 3 is 2.94 bits per heavy atom. The van der Waals surface area contributed by atoms with E-state index in [1.54, 1.807) is 6.07 Å². The Labute approximate surface area is 93.5 Å². The predicted molar refractivity (Wildman–Crippen MR) is 57.0 cm³/mol. The number of hydrogen-bond donors (Lipinski definition) is 2. The van der Waals surface area contributed by atoms with Crippen LogP contribution in [0.1, 0.15) is 11.6 Å². The van der Waals surface area contributed by atoms with Crippen LogP contribution in [0.25, 0.3) is 0 Å². The van der Waals surface area contributed by atoms with Crippen molar-refractivity contribution in [3.05, 3.63) is 35.6 Å². The third-order valence-electron chi connectivity index (χ3n) is 2.60. The van der Waals surface area contributed by atoms with Crippen molar-refractivity contribution in [2.24, 2.45) is 5.84 Å². The second kappa shape index (κ2) is 5.36. The molecule has 0 saturated carbocycles. The fraction of sp³-hybridized carbons (Fsp3) is 0.455. The molecule has 0 radical (unpaired) electrons. The number of rotatable bonds is 3. The molecular weight excluding hydrogens is 211 g/mol. The summed E-state index contributed by atoms with van der Waals surface area (Å²) in [5.74, 6) is 5.19. The zero-order chi connectivity index (χ0) is 11.4. The van der Waals surface area contributed by atoms with Gasteiger partial charge in [0.25, 0.3) is 0 Å². The molecule has 2 atom stereocenters. The van der Waals surface area contributed by atoms with Crippen molar-refractivity contribution in [3.8, 4) is 0 Å². The van der Waals surface area contributed by atoms with Gasteiger partial charge in [0.2, 0.25) is 0 Å². The lowest BCUT2D eigenvalue weighted by Crippen LogP contribution is -2.43. The van der Waals surface area contributed by atoms with E-state index in [-0.39, 0.29) is 18.0 Å². The van der Waals surface area contributed by atoms with Crippen LogP contribution < -0.4 is 11.3 Å². The average Bonchev–Trinajstić information content (AvgIpc) is 2.31. The first kappa shape index (κ1) is 11.5. The molecule has 4 nitrogen and oxygen atoms in total. The first-order valence-corrected chi connectivity index (χ1v) is 5.22. The highest BCUT2D eigenvalue weighted by atomic mass is 19.1. The summed E-state index contributed by atoms with van der Waals surface area (Å²) in [6.07, 6.45) is -0.180. The van der Waals surface area contributed by atoms with E-state index in [9.17, 15) is 4.39 Å². The van der Waals surface area contributed by atoms with Crippen molar-refractivity contribution in [2.45, 2.75) is 12.1 Å². The van der Waals surface area contributed by atoms with Gasteiger partial charge >= 0.3 is 0 Å². The first-order valence-electron chi connectivity index (χ1n) is 5.22. The fourth-order valence-corrected chi connectivity index (χ4v) is 1.82. The molecule has 1 fully saturated rings. The highest BCUT2D eigenvalue weighted by Gasteiger charge is 2.25. The monoisotopic (exact) mass is 226 g/mol. The highest BCUT2D eigenvalue weighted by Crippen LogP contribution is 2.21. The van der Waals surface area contributed by atoms with Gasteiger partial charge in [-0.25, -0.2) is 4.39 Å². The maximum absolute atomic E-state index is 13.1. The molecule has 0 amide bonds. The minimum absolute atomic E-state index is 0.180. The van der Waals surface area contributed by atoms with Crippen LogP contribution in [0.2, 0.25) is 0 Å². The summed E-state index contributed by atoms with van der Waals surface area (Å²) >= 11 is 0. The fourth-order valence-electron chi connectivity index (χ4n) is 1.82. The van der Waals surface area contributed by atoms with Crippen molar-refractivity contribution >= 4 is 0 Å². The van der Waals surface area contributed by atoms with Gasteiger partial charge in [0.05, 0.1) is 25.9 Å². The van der Waals surface area contributed by atoms with Crippen LogP contribution in [0.4, 0.5) is 4.39 Å². The van der Waals surface area contributed by atoms with E-state index in [2.05, 4.69) is 5.43 Å². The number of nitrogens with two attached hydrogens (primary N) is 1. The summed E-state index contributed by atoms with van der Waals surface area (Å²) in [6.45, 7) is 1.60. The van der Waals surface area contributed by atoms with Gasteiger partial charge in [-0.2, -0.15) is 0 Å². The van der Waals surface area contributed by atoms with Gasteiger partial charge in [-0.15, -0.1) is 0 Å². The van der Waals surface area contributed by atoms with Gasteiger partial charge < -0.3 is 9.47 Å². The van der Waals surface area contributed by atoms with Crippen LogP contribution in [0, 0.1) is 5.82 Å². The van der Waals surface area contributed by atoms with E-state index in [4.69, 9.17) is 15.3 Å². The lowest BCUT2D eigenvalue weighted by atomic mass is 10.0. The second-order valence-electron chi connectivity index (χ2n) is 3.68. The molecular formula is C11H15FN2O2. The Bertz CT molecular complexity index is 343. The molecule has 0 aliphatic carbocycles. The summed E-state index contributed by atoms with van der Waals surface area (Å²) in [6, 6.07) is 6.05. The molecule has 1 aromatic carbocycles. The Morgan fingerprint density at radius 1 is 1.44 bits per heavy atom. The molecule has 1 saturated heterocycles. The van der Waals surface area contributed by atoms with Crippen molar-refractivity contribution in [2.75, 3.05) is 19.8 Å². The van der Waals surface area contributed by atoms with Crippen LogP contribution in [0.5, 0.6) is 0 Å². The van der Waals surface area contributed by atoms with Gasteiger partial charge in [0, 0.05) is 0 Å². The molecule has 5 heteroatoms. The molecule has 88 valence electrons. The first-order chi connectivity index (χ1) is 7.81. The maximum atomic E-state index is 13.1. The topological polar surface area (TPSA) is 56.5 Å². The minimum Gasteiger partial charge on any atom is -0.376 e. The van der Waals surface area contributed by atoms with Crippen LogP contribution >= 0.6 is 0 Å². The summed E-state index contributed by atoms with van der Waals surface area (Å²) in [5.41, 5.74) is 3.41. The average molecular weight is 226 g/mol. The zero-order valence-electron chi connectivity index (χ0n) is 8.86. The van der Waals surface area contributed by atoms with E-state index in [1.807, 2.05) is 6.07 Å². The molecule has 2 rings (SSSR count). The van der Waals surface area contributed by atoms with Crippen LogP contribution in [-0.4, -0.2) is 25.9 Å². The standard InChI is InChI=1S/C11H15FN2O2/c12-9-3-1-2-8(6-9)11(14-13)10-7-15-4-5-16-10/h1-3,6,10-11,14H,4-5,7,13H2. The van der Waals surface area contributed by atoms with E-state index >= 15 is 0 Å². The van der Waals surface area contributed by atoms with Gasteiger partial charge in [-0.3, -0.25) is 11.3 Å². The van der Waals surface area contributed by atoms with Gasteiger partial charge in [-0.05, 0) is 17.7 Å². The lowest BCUT2D eigenvalue weighted by molar-refractivity contribution is -0.102. The quantitative estimate of drug-likeness (QED) is 0.589. The van der Waals surface area contributed by atoms with Gasteiger partial charge in [-0.1, -0.05) is 12.1 Å². The third kappa shape index (κ3) is 2.56. The van der Waals surface area contributed by atoms with E-state index in [0.717, 1.165) is 5.56 Å². The van der Waals surface area contributed by atoms with Crippen molar-refractivity contribution in [1.82, 2.24) is 5.43 Å². The van der Waals surface area contributed by atoms with E-state index in [1.165, 1.54) is 12.1 Å². The van der Waals surface area contributed by atoms with Crippen LogP contribution in [-0.2, 0) is 9.47 Å². The Morgan fingerprint density at radius 2 is 2.31 bits per heavy atom. The number of halogens is 1. The van der Waals surface area contributed by atoms with Crippen molar-refractivity contribution in [3.63, 3.8) is 0 Å². The number of hydrazine groups is 1. The summed E-state index contributed by atoms with van der Waals surface area (Å²) in [5, 5.41) is 0. The maximum Gasteiger partial charge on any atom is 0.123 e. The Kier molecular flexibility index (Phi) is 3.84. The molecule has 1 aromatic rings. The molecule has 0 aromatic heterocycles. The summed E-state index contributed by atoms with van der Waals surface area (Å²) < 4.78 is 23.9. The Hall–Kier alpha value is -1.01. The predicted octanol–water partition coefficient (Wildman–Crippen LogP) is 0.745. The van der Waals surface area contributed by atoms with E-state index < -0.39 is 0 Å². The third-order valence-corrected chi connectivity index (χ3v) is 2.60. The number of nitrogens with one attached hydrogen (secondary N) is 1. The molecule has 1 aliphatic heterocycles. The highest BCUT2D eigenvalue weighted by molar-refractivity contribution is 5.21. The summed E-state index contributed by atoms with van der Waals surface area (Å²) in [7, 11) is 0. The molecule has 16 heavy (non-hydrogen) atoms. The van der Waals surface area contributed by atoms with Crippen molar-refractivity contribution < 1.29 is 13.9 Å².